The van der Waals surface area contributed by atoms with Gasteiger partial charge in [-0.1, -0.05) is 25.1 Å². The molecule has 0 radical (unpaired) electrons. The van der Waals surface area contributed by atoms with Gasteiger partial charge in [-0.3, -0.25) is 9.58 Å². The summed E-state index contributed by atoms with van der Waals surface area (Å²) in [5.41, 5.74) is 6.98. The number of aryl methyl sites for hydroxylation is 1. The molecule has 1 saturated carbocycles. The summed E-state index contributed by atoms with van der Waals surface area (Å²) in [5, 5.41) is 4.20. The van der Waals surface area contributed by atoms with Crippen LogP contribution in [0.15, 0.2) is 12.3 Å². The molecule has 0 unspecified atom stereocenters. The first-order chi connectivity index (χ1) is 8.66. The second-order valence-electron chi connectivity index (χ2n) is 5.07. The van der Waals surface area contributed by atoms with E-state index >= 15 is 0 Å². The molecule has 5 heteroatoms. The summed E-state index contributed by atoms with van der Waals surface area (Å²) in [6.07, 6.45) is 8.11. The number of hydrogen-bond donors (Lipinski definition) is 1. The second kappa shape index (κ2) is 6.29. The topological polar surface area (TPSA) is 47.1 Å². The molecule has 1 aromatic rings. The highest BCUT2D eigenvalue weighted by Gasteiger charge is 2.22. The van der Waals surface area contributed by atoms with Crippen LogP contribution in [0, 0.1) is 0 Å². The van der Waals surface area contributed by atoms with Crippen molar-refractivity contribution in [3.63, 3.8) is 0 Å². The van der Waals surface area contributed by atoms with Gasteiger partial charge in [-0.2, -0.15) is 5.10 Å². The Balaban J connectivity index is 1.92. The lowest BCUT2D eigenvalue weighted by Gasteiger charge is -2.28. The summed E-state index contributed by atoms with van der Waals surface area (Å²) in [4.78, 5) is 3.05. The van der Waals surface area contributed by atoms with Gasteiger partial charge in [0.15, 0.2) is 0 Å². The molecule has 1 heterocycles. The fraction of sp³-hybridized carbons (Fsp3) is 0.692. The molecule has 2 N–H and O–H groups in total. The first-order valence-electron chi connectivity index (χ1n) is 6.66. The maximum absolute atomic E-state index is 5.71. The molecule has 0 amide bonds. The Kier molecular flexibility index (Phi) is 4.72. The van der Waals surface area contributed by atoms with Crippen molar-refractivity contribution in [3.8, 4) is 0 Å². The lowest BCUT2D eigenvalue weighted by atomic mass is 10.2. The predicted molar refractivity (Wildman–Crippen MR) is 77.5 cm³/mol. The van der Waals surface area contributed by atoms with Crippen LogP contribution in [-0.2, 0) is 13.5 Å². The largest absolute Gasteiger partial charge is 0.392 e. The van der Waals surface area contributed by atoms with Crippen LogP contribution in [0.5, 0.6) is 0 Å². The van der Waals surface area contributed by atoms with E-state index in [0.29, 0.717) is 11.0 Å². The molecule has 0 spiro atoms. The van der Waals surface area contributed by atoms with E-state index in [1.54, 1.807) is 0 Å². The molecule has 18 heavy (non-hydrogen) atoms. The quantitative estimate of drug-likeness (QED) is 0.793. The smallest absolute Gasteiger partial charge is 0.0870 e. The fourth-order valence-corrected chi connectivity index (χ4v) is 2.93. The molecule has 1 aliphatic carbocycles. The van der Waals surface area contributed by atoms with Gasteiger partial charge in [0.2, 0.25) is 0 Å². The van der Waals surface area contributed by atoms with E-state index < -0.39 is 0 Å². The molecule has 0 saturated heterocycles. The van der Waals surface area contributed by atoms with Gasteiger partial charge in [0.25, 0.3) is 0 Å². The van der Waals surface area contributed by atoms with Gasteiger partial charge in [0, 0.05) is 44.5 Å². The monoisotopic (exact) mass is 266 g/mol. The van der Waals surface area contributed by atoms with E-state index in [0.717, 1.165) is 19.5 Å². The highest BCUT2D eigenvalue weighted by atomic mass is 32.1. The minimum absolute atomic E-state index is 0.604. The number of hydrogen-bond acceptors (Lipinski definition) is 3. The van der Waals surface area contributed by atoms with Crippen LogP contribution in [0.25, 0.3) is 0 Å². The van der Waals surface area contributed by atoms with Crippen LogP contribution in [-0.4, -0.2) is 38.8 Å². The molecule has 0 aliphatic heterocycles. The Morgan fingerprint density at radius 2 is 2.28 bits per heavy atom. The SMILES string of the molecule is Cn1nccc1CCN(CC(N)=S)C1CCCC1. The first-order valence-corrected chi connectivity index (χ1v) is 7.07. The zero-order chi connectivity index (χ0) is 13.0. The van der Waals surface area contributed by atoms with Crippen molar-refractivity contribution in [2.45, 2.75) is 38.1 Å². The van der Waals surface area contributed by atoms with Gasteiger partial charge in [0.05, 0.1) is 4.99 Å². The highest BCUT2D eigenvalue weighted by Crippen LogP contribution is 2.23. The summed E-state index contributed by atoms with van der Waals surface area (Å²) >= 11 is 5.07. The zero-order valence-electron chi connectivity index (χ0n) is 11.0. The third kappa shape index (κ3) is 3.53. The van der Waals surface area contributed by atoms with Gasteiger partial charge in [-0.15, -0.1) is 0 Å². The van der Waals surface area contributed by atoms with Gasteiger partial charge in [0.1, 0.15) is 0 Å². The Hall–Kier alpha value is -0.940. The zero-order valence-corrected chi connectivity index (χ0v) is 11.8. The molecular weight excluding hydrogens is 244 g/mol. The lowest BCUT2D eigenvalue weighted by Crippen LogP contribution is -2.40. The molecule has 100 valence electrons. The highest BCUT2D eigenvalue weighted by molar-refractivity contribution is 7.80. The summed E-state index contributed by atoms with van der Waals surface area (Å²) < 4.78 is 1.94. The van der Waals surface area contributed by atoms with E-state index in [1.807, 2.05) is 17.9 Å². The number of aromatic nitrogens is 2. The lowest BCUT2D eigenvalue weighted by molar-refractivity contribution is 0.228. The Bertz CT molecular complexity index is 395. The van der Waals surface area contributed by atoms with Crippen LogP contribution in [0.2, 0.25) is 0 Å². The van der Waals surface area contributed by atoms with E-state index in [-0.39, 0.29) is 0 Å². The number of thiocarbonyl (C=S) groups is 1. The Morgan fingerprint density at radius 1 is 1.56 bits per heavy atom. The standard InChI is InChI=1S/C13H22N4S/c1-16-11(6-8-15-16)7-9-17(10-13(14)18)12-4-2-3-5-12/h6,8,12H,2-5,7,9-10H2,1H3,(H2,14,18). The van der Waals surface area contributed by atoms with Gasteiger partial charge in [-0.05, 0) is 18.9 Å². The van der Waals surface area contributed by atoms with Crippen molar-refractivity contribution in [2.75, 3.05) is 13.1 Å². The van der Waals surface area contributed by atoms with Crippen molar-refractivity contribution < 1.29 is 0 Å². The second-order valence-corrected chi connectivity index (χ2v) is 5.60. The van der Waals surface area contributed by atoms with Crippen molar-refractivity contribution in [3.05, 3.63) is 18.0 Å². The van der Waals surface area contributed by atoms with Crippen LogP contribution < -0.4 is 5.73 Å². The third-order valence-electron chi connectivity index (χ3n) is 3.78. The Labute approximate surface area is 114 Å². The molecule has 0 aromatic carbocycles. The summed E-state index contributed by atoms with van der Waals surface area (Å²) in [6, 6.07) is 2.74. The van der Waals surface area contributed by atoms with Crippen LogP contribution in [0.3, 0.4) is 0 Å². The maximum atomic E-state index is 5.71. The molecule has 1 aromatic heterocycles. The molecule has 1 fully saturated rings. The minimum Gasteiger partial charge on any atom is -0.392 e. The predicted octanol–water partition coefficient (Wildman–Crippen LogP) is 1.49. The van der Waals surface area contributed by atoms with E-state index in [9.17, 15) is 0 Å². The molecular formula is C13H22N4S. The van der Waals surface area contributed by atoms with E-state index in [4.69, 9.17) is 18.0 Å². The normalized spacial score (nSPS) is 16.6. The van der Waals surface area contributed by atoms with E-state index in [2.05, 4.69) is 16.1 Å². The Morgan fingerprint density at radius 3 is 2.83 bits per heavy atom. The summed E-state index contributed by atoms with van der Waals surface area (Å²) in [6.45, 7) is 1.76. The number of rotatable bonds is 6. The molecule has 0 atom stereocenters. The molecule has 1 aliphatic rings. The molecule has 2 rings (SSSR count). The molecule has 0 bridgehead atoms. The average Bonchev–Trinajstić information content (AvgIpc) is 2.95. The van der Waals surface area contributed by atoms with Crippen molar-refractivity contribution in [1.82, 2.24) is 14.7 Å². The summed E-state index contributed by atoms with van der Waals surface area (Å²) in [5.74, 6) is 0. The van der Waals surface area contributed by atoms with Crippen molar-refractivity contribution in [2.24, 2.45) is 12.8 Å². The minimum atomic E-state index is 0.604. The van der Waals surface area contributed by atoms with Gasteiger partial charge >= 0.3 is 0 Å². The molecule has 4 nitrogen and oxygen atoms in total. The number of nitrogens with two attached hydrogens (primary N) is 1. The van der Waals surface area contributed by atoms with Crippen molar-refractivity contribution in [1.29, 1.82) is 0 Å². The van der Waals surface area contributed by atoms with Crippen LogP contribution in [0.4, 0.5) is 0 Å². The van der Waals surface area contributed by atoms with Crippen molar-refractivity contribution >= 4 is 17.2 Å². The number of nitrogens with zero attached hydrogens (tertiary/aromatic N) is 3. The first kappa shape index (κ1) is 13.5. The maximum Gasteiger partial charge on any atom is 0.0870 e. The van der Waals surface area contributed by atoms with E-state index in [1.165, 1.54) is 31.4 Å². The fourth-order valence-electron chi connectivity index (χ4n) is 2.76. The average molecular weight is 266 g/mol. The van der Waals surface area contributed by atoms with Crippen LogP contribution in [0.1, 0.15) is 31.4 Å². The van der Waals surface area contributed by atoms with Gasteiger partial charge < -0.3 is 5.73 Å². The van der Waals surface area contributed by atoms with Gasteiger partial charge in [-0.25, -0.2) is 0 Å². The summed E-state index contributed by atoms with van der Waals surface area (Å²) in [7, 11) is 1.99. The van der Waals surface area contributed by atoms with Crippen LogP contribution >= 0.6 is 12.2 Å². The third-order valence-corrected chi connectivity index (χ3v) is 3.91.